The lowest BCUT2D eigenvalue weighted by Gasteiger charge is -2.37. The highest BCUT2D eigenvalue weighted by atomic mass is 16.2. The van der Waals surface area contributed by atoms with E-state index in [1.54, 1.807) is 0 Å². The summed E-state index contributed by atoms with van der Waals surface area (Å²) in [5, 5.41) is 7.52. The Hall–Kier alpha value is -2.40. The van der Waals surface area contributed by atoms with Crippen LogP contribution in [0.4, 0.5) is 5.69 Å². The Kier molecular flexibility index (Phi) is 4.64. The first-order chi connectivity index (χ1) is 13.0. The Balaban J connectivity index is 1.52. The number of hydrogen-bond donors (Lipinski definition) is 1. The van der Waals surface area contributed by atoms with Gasteiger partial charge in [0.05, 0.1) is 23.1 Å². The van der Waals surface area contributed by atoms with Gasteiger partial charge in [0.2, 0.25) is 5.91 Å². The summed E-state index contributed by atoms with van der Waals surface area (Å²) < 4.78 is 1.81. The molecular weight excluding hydrogens is 336 g/mol. The lowest BCUT2D eigenvalue weighted by atomic mass is 9.93. The molecule has 3 unspecified atom stereocenters. The van der Waals surface area contributed by atoms with E-state index in [-0.39, 0.29) is 11.9 Å². The second-order valence-electron chi connectivity index (χ2n) is 7.84. The molecular formula is C22H28N4O. The van der Waals surface area contributed by atoms with Crippen molar-refractivity contribution in [2.24, 2.45) is 7.05 Å². The summed E-state index contributed by atoms with van der Waals surface area (Å²) in [4.78, 5) is 15.4. The van der Waals surface area contributed by atoms with Gasteiger partial charge in [0.15, 0.2) is 0 Å². The SMILES string of the molecule is Cc1nn(C)c(C)c1NC(=O)C(C)N1C2C=C(c3ccccc3)CC1CC2. The molecule has 0 aliphatic carbocycles. The van der Waals surface area contributed by atoms with Crippen LogP contribution in [0, 0.1) is 13.8 Å². The highest BCUT2D eigenvalue weighted by molar-refractivity contribution is 5.95. The fourth-order valence-corrected chi connectivity index (χ4v) is 4.65. The van der Waals surface area contributed by atoms with E-state index in [4.69, 9.17) is 0 Å². The minimum atomic E-state index is -0.157. The van der Waals surface area contributed by atoms with E-state index in [0.29, 0.717) is 12.1 Å². The maximum atomic E-state index is 13.0. The van der Waals surface area contributed by atoms with Crippen LogP contribution in [0.5, 0.6) is 0 Å². The predicted molar refractivity (Wildman–Crippen MR) is 108 cm³/mol. The van der Waals surface area contributed by atoms with Crippen LogP contribution in [-0.2, 0) is 11.8 Å². The summed E-state index contributed by atoms with van der Waals surface area (Å²) in [6.07, 6.45) is 5.68. The Labute approximate surface area is 161 Å². The van der Waals surface area contributed by atoms with Crippen LogP contribution in [0.3, 0.4) is 0 Å². The molecule has 2 aliphatic rings. The summed E-state index contributed by atoms with van der Waals surface area (Å²) >= 11 is 0. The fourth-order valence-electron chi connectivity index (χ4n) is 4.65. The zero-order valence-corrected chi connectivity index (χ0v) is 16.6. The smallest absolute Gasteiger partial charge is 0.241 e. The molecule has 1 aromatic carbocycles. The molecule has 3 heterocycles. The molecule has 2 bridgehead atoms. The minimum Gasteiger partial charge on any atom is -0.322 e. The molecule has 27 heavy (non-hydrogen) atoms. The van der Waals surface area contributed by atoms with Gasteiger partial charge < -0.3 is 5.32 Å². The van der Waals surface area contributed by atoms with Crippen molar-refractivity contribution >= 4 is 17.2 Å². The Morgan fingerprint density at radius 3 is 2.59 bits per heavy atom. The fraction of sp³-hybridized carbons (Fsp3) is 0.455. The van der Waals surface area contributed by atoms with Gasteiger partial charge in [-0.15, -0.1) is 0 Å². The van der Waals surface area contributed by atoms with Gasteiger partial charge >= 0.3 is 0 Å². The van der Waals surface area contributed by atoms with Crippen molar-refractivity contribution in [3.05, 3.63) is 53.4 Å². The molecule has 1 N–H and O–H groups in total. The van der Waals surface area contributed by atoms with Gasteiger partial charge in [-0.05, 0) is 51.2 Å². The quantitative estimate of drug-likeness (QED) is 0.900. The molecule has 5 nitrogen and oxygen atoms in total. The standard InChI is InChI=1S/C22H28N4O/c1-14-21(15(2)25(4)24-14)23-22(27)16(3)26-19-10-11-20(26)13-18(12-19)17-8-6-5-7-9-17/h5-9,12,16,19-20H,10-11,13H2,1-4H3,(H,23,27). The largest absolute Gasteiger partial charge is 0.322 e. The van der Waals surface area contributed by atoms with E-state index in [1.165, 1.54) is 11.1 Å². The number of hydrogen-bond acceptors (Lipinski definition) is 3. The number of aryl methyl sites for hydroxylation is 2. The number of nitrogens with one attached hydrogen (secondary N) is 1. The van der Waals surface area contributed by atoms with Crippen LogP contribution in [-0.4, -0.2) is 38.7 Å². The molecule has 4 rings (SSSR count). The Bertz CT molecular complexity index is 883. The highest BCUT2D eigenvalue weighted by Gasteiger charge is 2.41. The number of rotatable bonds is 4. The molecule has 0 saturated carbocycles. The Morgan fingerprint density at radius 1 is 1.22 bits per heavy atom. The maximum absolute atomic E-state index is 13.0. The number of nitrogens with zero attached hydrogens (tertiary/aromatic N) is 3. The van der Waals surface area contributed by atoms with Gasteiger partial charge in [-0.25, -0.2) is 0 Å². The molecule has 1 fully saturated rings. The van der Waals surface area contributed by atoms with Crippen molar-refractivity contribution < 1.29 is 4.79 Å². The van der Waals surface area contributed by atoms with Crippen LogP contribution >= 0.6 is 0 Å². The van der Waals surface area contributed by atoms with Gasteiger partial charge in [-0.2, -0.15) is 5.10 Å². The number of aromatic nitrogens is 2. The lowest BCUT2D eigenvalue weighted by Crippen LogP contribution is -2.49. The van der Waals surface area contributed by atoms with E-state index in [9.17, 15) is 4.79 Å². The first-order valence-electron chi connectivity index (χ1n) is 9.80. The van der Waals surface area contributed by atoms with Crippen molar-refractivity contribution in [2.75, 3.05) is 5.32 Å². The summed E-state index contributed by atoms with van der Waals surface area (Å²) in [5.41, 5.74) is 5.43. The normalized spacial score (nSPS) is 23.2. The van der Waals surface area contributed by atoms with E-state index in [1.807, 2.05) is 32.5 Å². The van der Waals surface area contributed by atoms with Crippen molar-refractivity contribution in [3.8, 4) is 0 Å². The zero-order chi connectivity index (χ0) is 19.1. The molecule has 1 aromatic heterocycles. The number of carbonyl (C=O) groups is 1. The predicted octanol–water partition coefficient (Wildman–Crippen LogP) is 3.68. The third kappa shape index (κ3) is 3.21. The third-order valence-electron chi connectivity index (χ3n) is 6.18. The second-order valence-corrected chi connectivity index (χ2v) is 7.84. The van der Waals surface area contributed by atoms with E-state index in [0.717, 1.165) is 36.3 Å². The molecule has 1 amide bonds. The average molecular weight is 364 g/mol. The second kappa shape index (κ2) is 6.97. The van der Waals surface area contributed by atoms with Crippen molar-refractivity contribution in [1.82, 2.24) is 14.7 Å². The number of fused-ring (bicyclic) bond motifs is 2. The summed E-state index contributed by atoms with van der Waals surface area (Å²) in [5.74, 6) is 0.0580. The summed E-state index contributed by atoms with van der Waals surface area (Å²) in [7, 11) is 1.90. The molecule has 2 aliphatic heterocycles. The van der Waals surface area contributed by atoms with Gasteiger partial charge in [-0.1, -0.05) is 36.4 Å². The highest BCUT2D eigenvalue weighted by Crippen LogP contribution is 2.39. The van der Waals surface area contributed by atoms with Crippen LogP contribution < -0.4 is 5.32 Å². The molecule has 2 aromatic rings. The number of amides is 1. The first kappa shape index (κ1) is 18.0. The lowest BCUT2D eigenvalue weighted by molar-refractivity contribution is -0.121. The van der Waals surface area contributed by atoms with Crippen molar-refractivity contribution in [3.63, 3.8) is 0 Å². The van der Waals surface area contributed by atoms with Crippen LogP contribution in [0.2, 0.25) is 0 Å². The maximum Gasteiger partial charge on any atom is 0.241 e. The van der Waals surface area contributed by atoms with Gasteiger partial charge in [0.1, 0.15) is 0 Å². The number of carbonyl (C=O) groups excluding carboxylic acids is 1. The topological polar surface area (TPSA) is 50.2 Å². The van der Waals surface area contributed by atoms with E-state index >= 15 is 0 Å². The summed E-state index contributed by atoms with van der Waals surface area (Å²) in [6, 6.07) is 11.2. The number of anilines is 1. The van der Waals surface area contributed by atoms with E-state index in [2.05, 4.69) is 51.7 Å². The third-order valence-corrected chi connectivity index (χ3v) is 6.18. The van der Waals surface area contributed by atoms with Crippen molar-refractivity contribution in [1.29, 1.82) is 0 Å². The zero-order valence-electron chi connectivity index (χ0n) is 16.6. The van der Waals surface area contributed by atoms with Crippen LogP contribution in [0.15, 0.2) is 36.4 Å². The van der Waals surface area contributed by atoms with Gasteiger partial charge in [-0.3, -0.25) is 14.4 Å². The molecule has 3 atom stereocenters. The van der Waals surface area contributed by atoms with Gasteiger partial charge in [0.25, 0.3) is 0 Å². The van der Waals surface area contributed by atoms with E-state index < -0.39 is 0 Å². The molecule has 0 spiro atoms. The monoisotopic (exact) mass is 364 g/mol. The van der Waals surface area contributed by atoms with Gasteiger partial charge in [0, 0.05) is 19.1 Å². The first-order valence-corrected chi connectivity index (χ1v) is 9.80. The number of benzene rings is 1. The average Bonchev–Trinajstić information content (AvgIpc) is 3.07. The minimum absolute atomic E-state index is 0.0580. The molecule has 1 saturated heterocycles. The summed E-state index contributed by atoms with van der Waals surface area (Å²) in [6.45, 7) is 5.95. The van der Waals surface area contributed by atoms with Crippen molar-refractivity contribution in [2.45, 2.75) is 58.2 Å². The molecule has 142 valence electrons. The van der Waals surface area contributed by atoms with Crippen LogP contribution in [0.25, 0.3) is 5.57 Å². The molecule has 5 heteroatoms. The molecule has 0 radical (unpaired) electrons. The van der Waals surface area contributed by atoms with Crippen LogP contribution in [0.1, 0.15) is 43.1 Å². The Morgan fingerprint density at radius 2 is 1.96 bits per heavy atom.